The Hall–Kier alpha value is -0.0900. The van der Waals surface area contributed by atoms with E-state index in [2.05, 4.69) is 0 Å². The summed E-state index contributed by atoms with van der Waals surface area (Å²) in [5, 5.41) is 0. The fraction of sp³-hybridized carbons (Fsp3) is 1.00. The summed E-state index contributed by atoms with van der Waals surface area (Å²) in [4.78, 5) is 0. The van der Waals surface area contributed by atoms with Gasteiger partial charge in [0.2, 0.25) is 0 Å². The van der Waals surface area contributed by atoms with Crippen LogP contribution in [0.25, 0.3) is 0 Å². The van der Waals surface area contributed by atoms with E-state index in [-0.39, 0.29) is 6.61 Å². The van der Waals surface area contributed by atoms with Crippen molar-refractivity contribution in [2.75, 3.05) is 6.61 Å². The molecule has 0 N–H and O–H groups in total. The Morgan fingerprint density at radius 3 is 2.00 bits per heavy atom. The Balaban J connectivity index is 4.26. The van der Waals surface area contributed by atoms with Crippen LogP contribution >= 0.6 is 0 Å². The molecule has 0 rings (SSSR count). The normalized spacial score (nSPS) is 13.5. The standard InChI is InChI=1S/C7H16O3S/c1-5-6-10-11(8,9)7(2,3)4/h5-6H2,1-4H3. The lowest BCUT2D eigenvalue weighted by Crippen LogP contribution is -2.29. The molecule has 0 bridgehead atoms. The summed E-state index contributed by atoms with van der Waals surface area (Å²) in [7, 11) is -3.36. The van der Waals surface area contributed by atoms with Crippen LogP contribution in [0.2, 0.25) is 0 Å². The number of hydrogen-bond donors (Lipinski definition) is 0. The van der Waals surface area contributed by atoms with Crippen LogP contribution in [0.1, 0.15) is 34.1 Å². The second-order valence-electron chi connectivity index (χ2n) is 3.39. The van der Waals surface area contributed by atoms with Crippen LogP contribution in [0.15, 0.2) is 0 Å². The topological polar surface area (TPSA) is 43.4 Å². The van der Waals surface area contributed by atoms with Crippen molar-refractivity contribution in [3.8, 4) is 0 Å². The quantitative estimate of drug-likeness (QED) is 0.619. The van der Waals surface area contributed by atoms with Crippen LogP contribution in [0.4, 0.5) is 0 Å². The molecule has 0 unspecified atom stereocenters. The highest BCUT2D eigenvalue weighted by molar-refractivity contribution is 7.88. The summed E-state index contributed by atoms with van der Waals surface area (Å²) < 4.78 is 26.3. The second kappa shape index (κ2) is 3.54. The molecule has 0 heterocycles. The Kier molecular flexibility index (Phi) is 3.51. The molecule has 0 spiro atoms. The van der Waals surface area contributed by atoms with Crippen LogP contribution in [0, 0.1) is 0 Å². The van der Waals surface area contributed by atoms with E-state index in [0.29, 0.717) is 0 Å². The van der Waals surface area contributed by atoms with Gasteiger partial charge < -0.3 is 0 Å². The van der Waals surface area contributed by atoms with Gasteiger partial charge in [0.05, 0.1) is 11.4 Å². The fourth-order valence-electron chi connectivity index (χ4n) is 0.370. The van der Waals surface area contributed by atoms with E-state index >= 15 is 0 Å². The van der Waals surface area contributed by atoms with Crippen molar-refractivity contribution < 1.29 is 12.6 Å². The molecule has 0 radical (unpaired) electrons. The maximum atomic E-state index is 11.2. The molecule has 68 valence electrons. The SMILES string of the molecule is CCCOS(=O)(=O)C(C)(C)C. The summed E-state index contributed by atoms with van der Waals surface area (Å²) >= 11 is 0. The van der Waals surface area contributed by atoms with Crippen molar-refractivity contribution >= 4 is 10.1 Å². The molecule has 0 aliphatic carbocycles. The monoisotopic (exact) mass is 180 g/mol. The summed E-state index contributed by atoms with van der Waals surface area (Å²) in [5.74, 6) is 0. The van der Waals surface area contributed by atoms with Crippen molar-refractivity contribution in [2.45, 2.75) is 38.9 Å². The van der Waals surface area contributed by atoms with Gasteiger partial charge in [0.1, 0.15) is 0 Å². The van der Waals surface area contributed by atoms with Gasteiger partial charge in [0.25, 0.3) is 10.1 Å². The first kappa shape index (κ1) is 10.9. The lowest BCUT2D eigenvalue weighted by atomic mass is 10.3. The van der Waals surface area contributed by atoms with E-state index < -0.39 is 14.9 Å². The highest BCUT2D eigenvalue weighted by Gasteiger charge is 2.29. The van der Waals surface area contributed by atoms with E-state index in [4.69, 9.17) is 4.18 Å². The van der Waals surface area contributed by atoms with Gasteiger partial charge >= 0.3 is 0 Å². The third kappa shape index (κ3) is 3.20. The first-order valence-corrected chi connectivity index (χ1v) is 5.11. The van der Waals surface area contributed by atoms with Gasteiger partial charge in [0.15, 0.2) is 0 Å². The molecule has 0 saturated heterocycles. The Morgan fingerprint density at radius 2 is 1.73 bits per heavy atom. The van der Waals surface area contributed by atoms with Gasteiger partial charge in [-0.1, -0.05) is 6.92 Å². The lowest BCUT2D eigenvalue weighted by Gasteiger charge is -2.17. The molecule has 0 aliphatic heterocycles. The molecule has 0 saturated carbocycles. The average molecular weight is 180 g/mol. The average Bonchev–Trinajstić information content (AvgIpc) is 1.81. The fourth-order valence-corrected chi connectivity index (χ4v) is 1.11. The van der Waals surface area contributed by atoms with Gasteiger partial charge in [-0.3, -0.25) is 4.18 Å². The van der Waals surface area contributed by atoms with Crippen molar-refractivity contribution in [1.82, 2.24) is 0 Å². The maximum Gasteiger partial charge on any atom is 0.272 e. The highest BCUT2D eigenvalue weighted by atomic mass is 32.2. The second-order valence-corrected chi connectivity index (χ2v) is 5.76. The van der Waals surface area contributed by atoms with Crippen molar-refractivity contribution in [2.24, 2.45) is 0 Å². The van der Waals surface area contributed by atoms with Crippen LogP contribution in [0.5, 0.6) is 0 Å². The summed E-state index contributed by atoms with van der Waals surface area (Å²) in [5.41, 5.74) is 0. The summed E-state index contributed by atoms with van der Waals surface area (Å²) in [6, 6.07) is 0. The zero-order valence-electron chi connectivity index (χ0n) is 7.55. The summed E-state index contributed by atoms with van der Waals surface area (Å²) in [6.45, 7) is 7.02. The van der Waals surface area contributed by atoms with Crippen molar-refractivity contribution in [3.05, 3.63) is 0 Å². The van der Waals surface area contributed by atoms with E-state index in [1.54, 1.807) is 20.8 Å². The molecular formula is C7H16O3S. The van der Waals surface area contributed by atoms with E-state index in [0.717, 1.165) is 6.42 Å². The third-order valence-electron chi connectivity index (χ3n) is 1.19. The van der Waals surface area contributed by atoms with E-state index in [1.165, 1.54) is 0 Å². The first-order chi connectivity index (χ1) is 4.81. The predicted octanol–water partition coefficient (Wildman–Crippen LogP) is 1.54. The molecule has 0 aromatic rings. The molecule has 4 heteroatoms. The summed E-state index contributed by atoms with van der Waals surface area (Å²) in [6.07, 6.45) is 0.718. The van der Waals surface area contributed by atoms with E-state index in [9.17, 15) is 8.42 Å². The molecule has 3 nitrogen and oxygen atoms in total. The highest BCUT2D eigenvalue weighted by Crippen LogP contribution is 2.16. The predicted molar refractivity (Wildman–Crippen MR) is 44.9 cm³/mol. The smallest absolute Gasteiger partial charge is 0.270 e. The minimum Gasteiger partial charge on any atom is -0.270 e. The van der Waals surface area contributed by atoms with E-state index in [1.807, 2.05) is 6.92 Å². The molecular weight excluding hydrogens is 164 g/mol. The van der Waals surface area contributed by atoms with Crippen LogP contribution < -0.4 is 0 Å². The van der Waals surface area contributed by atoms with Gasteiger partial charge in [0, 0.05) is 0 Å². The Morgan fingerprint density at radius 1 is 1.27 bits per heavy atom. The van der Waals surface area contributed by atoms with Crippen molar-refractivity contribution in [3.63, 3.8) is 0 Å². The van der Waals surface area contributed by atoms with Gasteiger partial charge in [-0.25, -0.2) is 0 Å². The van der Waals surface area contributed by atoms with Gasteiger partial charge in [-0.2, -0.15) is 8.42 Å². The van der Waals surface area contributed by atoms with Gasteiger partial charge in [-0.05, 0) is 27.2 Å². The maximum absolute atomic E-state index is 11.2. The Bertz CT molecular complexity index is 198. The molecule has 0 aliphatic rings. The molecule has 0 atom stereocenters. The molecule has 0 aromatic heterocycles. The molecule has 0 amide bonds. The molecule has 0 fully saturated rings. The minimum absolute atomic E-state index is 0.277. The minimum atomic E-state index is -3.36. The lowest BCUT2D eigenvalue weighted by molar-refractivity contribution is 0.304. The van der Waals surface area contributed by atoms with Crippen LogP contribution in [-0.4, -0.2) is 19.8 Å². The van der Waals surface area contributed by atoms with Crippen molar-refractivity contribution in [1.29, 1.82) is 0 Å². The first-order valence-electron chi connectivity index (χ1n) is 3.70. The number of hydrogen-bond acceptors (Lipinski definition) is 3. The third-order valence-corrected chi connectivity index (χ3v) is 3.17. The molecule has 0 aromatic carbocycles. The molecule has 11 heavy (non-hydrogen) atoms. The van der Waals surface area contributed by atoms with Crippen LogP contribution in [0.3, 0.4) is 0 Å². The largest absolute Gasteiger partial charge is 0.272 e. The Labute approximate surface area is 68.9 Å². The van der Waals surface area contributed by atoms with Gasteiger partial charge in [-0.15, -0.1) is 0 Å². The van der Waals surface area contributed by atoms with Crippen LogP contribution in [-0.2, 0) is 14.3 Å². The zero-order chi connectivity index (χ0) is 9.12. The zero-order valence-corrected chi connectivity index (χ0v) is 8.36. The number of rotatable bonds is 3.